The van der Waals surface area contributed by atoms with E-state index in [-0.39, 0.29) is 0 Å². The van der Waals surface area contributed by atoms with Crippen LogP contribution in [0.25, 0.3) is 0 Å². The van der Waals surface area contributed by atoms with Gasteiger partial charge in [0.15, 0.2) is 0 Å². The summed E-state index contributed by atoms with van der Waals surface area (Å²) in [5.74, 6) is 0. The quantitative estimate of drug-likeness (QED) is 0.801. The highest BCUT2D eigenvalue weighted by molar-refractivity contribution is 4.79. The molecular weight excluding hydrogens is 236 g/mol. The normalized spacial score (nSPS) is 27.0. The summed E-state index contributed by atoms with van der Waals surface area (Å²) in [4.78, 5) is 2.58. The van der Waals surface area contributed by atoms with Gasteiger partial charge >= 0.3 is 0 Å². The maximum Gasteiger partial charge on any atom is 0.0597 e. The Morgan fingerprint density at radius 1 is 1.11 bits per heavy atom. The molecule has 0 aromatic carbocycles. The Labute approximate surface area is 119 Å². The molecule has 1 saturated carbocycles. The van der Waals surface area contributed by atoms with E-state index in [4.69, 9.17) is 4.74 Å². The monoisotopic (exact) mass is 268 g/mol. The molecule has 19 heavy (non-hydrogen) atoms. The summed E-state index contributed by atoms with van der Waals surface area (Å²) in [5.41, 5.74) is 0. The first kappa shape index (κ1) is 15.3. The second kappa shape index (κ2) is 8.23. The van der Waals surface area contributed by atoms with Gasteiger partial charge in [0.2, 0.25) is 0 Å². The Kier molecular flexibility index (Phi) is 6.62. The van der Waals surface area contributed by atoms with E-state index in [9.17, 15) is 0 Å². The minimum Gasteiger partial charge on any atom is -0.377 e. The highest BCUT2D eigenvalue weighted by Gasteiger charge is 2.20. The predicted molar refractivity (Wildman–Crippen MR) is 80.6 cm³/mol. The zero-order valence-corrected chi connectivity index (χ0v) is 12.9. The van der Waals surface area contributed by atoms with Crippen molar-refractivity contribution in [3.05, 3.63) is 0 Å². The van der Waals surface area contributed by atoms with Gasteiger partial charge < -0.3 is 10.1 Å². The number of likely N-dealkylation sites (tertiary alicyclic amines) is 1. The molecule has 0 amide bonds. The maximum atomic E-state index is 6.04. The molecule has 2 aliphatic rings. The van der Waals surface area contributed by atoms with E-state index in [0.29, 0.717) is 18.2 Å². The van der Waals surface area contributed by atoms with Gasteiger partial charge in [0.05, 0.1) is 12.7 Å². The smallest absolute Gasteiger partial charge is 0.0597 e. The van der Waals surface area contributed by atoms with E-state index in [0.717, 1.165) is 13.2 Å². The molecule has 1 N–H and O–H groups in total. The summed E-state index contributed by atoms with van der Waals surface area (Å²) in [6, 6.07) is 1.28. The molecule has 0 radical (unpaired) electrons. The number of piperidine rings is 1. The van der Waals surface area contributed by atoms with Crippen LogP contribution in [-0.4, -0.2) is 49.3 Å². The lowest BCUT2D eigenvalue weighted by atomic mass is 9.98. The van der Waals surface area contributed by atoms with Crippen LogP contribution in [-0.2, 0) is 4.74 Å². The summed E-state index contributed by atoms with van der Waals surface area (Å²) in [5, 5.41) is 3.67. The van der Waals surface area contributed by atoms with Gasteiger partial charge in [-0.05, 0) is 32.2 Å². The van der Waals surface area contributed by atoms with Crippen LogP contribution in [0.3, 0.4) is 0 Å². The minimum atomic E-state index is 0.558. The second-order valence-electron chi connectivity index (χ2n) is 6.59. The van der Waals surface area contributed by atoms with Gasteiger partial charge in [-0.25, -0.2) is 0 Å². The number of hydrogen-bond acceptors (Lipinski definition) is 3. The van der Waals surface area contributed by atoms with Crippen molar-refractivity contribution in [1.29, 1.82) is 0 Å². The average Bonchev–Trinajstić information content (AvgIpc) is 2.40. The molecule has 112 valence electrons. The number of ether oxygens (including phenoxy) is 1. The van der Waals surface area contributed by atoms with Crippen molar-refractivity contribution in [2.24, 2.45) is 0 Å². The topological polar surface area (TPSA) is 24.5 Å². The molecule has 0 aromatic heterocycles. The van der Waals surface area contributed by atoms with E-state index in [1.807, 2.05) is 0 Å². The number of nitrogens with zero attached hydrogens (tertiary/aromatic N) is 1. The molecule has 2 rings (SSSR count). The fourth-order valence-corrected chi connectivity index (χ4v) is 3.45. The Morgan fingerprint density at radius 2 is 1.89 bits per heavy atom. The molecule has 1 aliphatic carbocycles. The lowest BCUT2D eigenvalue weighted by Gasteiger charge is -2.34. The first-order chi connectivity index (χ1) is 9.24. The number of rotatable bonds is 6. The fraction of sp³-hybridized carbons (Fsp3) is 1.00. The Hall–Kier alpha value is -0.120. The standard InChI is InChI=1S/C16H32N2O/c1-14(2)17-15-7-6-10-18(13-15)11-12-19-16-8-4-3-5-9-16/h14-17H,3-13H2,1-2H3. The summed E-state index contributed by atoms with van der Waals surface area (Å²) in [6.45, 7) is 8.98. The molecule has 1 saturated heterocycles. The largest absolute Gasteiger partial charge is 0.377 e. The number of nitrogens with one attached hydrogen (secondary N) is 1. The third-order valence-corrected chi connectivity index (χ3v) is 4.39. The third kappa shape index (κ3) is 5.80. The summed E-state index contributed by atoms with van der Waals surface area (Å²) in [7, 11) is 0. The van der Waals surface area contributed by atoms with Crippen molar-refractivity contribution in [1.82, 2.24) is 10.2 Å². The van der Waals surface area contributed by atoms with Crippen LogP contribution in [0.4, 0.5) is 0 Å². The van der Waals surface area contributed by atoms with E-state index in [2.05, 4.69) is 24.1 Å². The molecule has 3 nitrogen and oxygen atoms in total. The Balaban J connectivity index is 1.59. The summed E-state index contributed by atoms with van der Waals surface area (Å²) < 4.78 is 6.04. The molecule has 1 heterocycles. The molecule has 1 unspecified atom stereocenters. The van der Waals surface area contributed by atoms with Crippen LogP contribution in [0.15, 0.2) is 0 Å². The van der Waals surface area contributed by atoms with Gasteiger partial charge in [-0.2, -0.15) is 0 Å². The SMILES string of the molecule is CC(C)NC1CCCN(CCOC2CCCCC2)C1. The van der Waals surface area contributed by atoms with Crippen molar-refractivity contribution in [2.45, 2.75) is 77.0 Å². The van der Waals surface area contributed by atoms with Crippen molar-refractivity contribution < 1.29 is 4.74 Å². The zero-order chi connectivity index (χ0) is 13.5. The summed E-state index contributed by atoms with van der Waals surface area (Å²) in [6.07, 6.45) is 9.95. The van der Waals surface area contributed by atoms with Crippen molar-refractivity contribution in [3.8, 4) is 0 Å². The average molecular weight is 268 g/mol. The minimum absolute atomic E-state index is 0.558. The van der Waals surface area contributed by atoms with E-state index < -0.39 is 0 Å². The molecule has 2 fully saturated rings. The van der Waals surface area contributed by atoms with Crippen molar-refractivity contribution in [2.75, 3.05) is 26.2 Å². The second-order valence-corrected chi connectivity index (χ2v) is 6.59. The van der Waals surface area contributed by atoms with E-state index in [1.54, 1.807) is 0 Å². The molecule has 0 bridgehead atoms. The van der Waals surface area contributed by atoms with Crippen LogP contribution in [0.5, 0.6) is 0 Å². The third-order valence-electron chi connectivity index (χ3n) is 4.39. The Morgan fingerprint density at radius 3 is 2.63 bits per heavy atom. The molecule has 1 atom stereocenters. The van der Waals surface area contributed by atoms with Crippen molar-refractivity contribution >= 4 is 0 Å². The highest BCUT2D eigenvalue weighted by atomic mass is 16.5. The lowest BCUT2D eigenvalue weighted by Crippen LogP contribution is -2.48. The molecular formula is C16H32N2O. The van der Waals surface area contributed by atoms with E-state index in [1.165, 1.54) is 58.0 Å². The zero-order valence-electron chi connectivity index (χ0n) is 12.9. The van der Waals surface area contributed by atoms with Crippen LogP contribution in [0.1, 0.15) is 58.8 Å². The fourth-order valence-electron chi connectivity index (χ4n) is 3.45. The van der Waals surface area contributed by atoms with E-state index >= 15 is 0 Å². The van der Waals surface area contributed by atoms with Gasteiger partial charge in [-0.3, -0.25) is 4.90 Å². The van der Waals surface area contributed by atoms with Gasteiger partial charge in [0.25, 0.3) is 0 Å². The maximum absolute atomic E-state index is 6.04. The van der Waals surface area contributed by atoms with Crippen molar-refractivity contribution in [3.63, 3.8) is 0 Å². The van der Waals surface area contributed by atoms with Crippen LogP contribution < -0.4 is 5.32 Å². The number of hydrogen-bond donors (Lipinski definition) is 1. The first-order valence-electron chi connectivity index (χ1n) is 8.34. The molecule has 1 aliphatic heterocycles. The van der Waals surface area contributed by atoms with Crippen LogP contribution in [0.2, 0.25) is 0 Å². The van der Waals surface area contributed by atoms with Gasteiger partial charge in [0, 0.05) is 25.2 Å². The van der Waals surface area contributed by atoms with Crippen LogP contribution >= 0.6 is 0 Å². The highest BCUT2D eigenvalue weighted by Crippen LogP contribution is 2.20. The molecule has 0 aromatic rings. The molecule has 0 spiro atoms. The van der Waals surface area contributed by atoms with Gasteiger partial charge in [-0.1, -0.05) is 33.1 Å². The Bertz CT molecular complexity index is 239. The first-order valence-corrected chi connectivity index (χ1v) is 8.34. The predicted octanol–water partition coefficient (Wildman–Crippen LogP) is 2.80. The van der Waals surface area contributed by atoms with Gasteiger partial charge in [0.1, 0.15) is 0 Å². The van der Waals surface area contributed by atoms with Crippen LogP contribution in [0, 0.1) is 0 Å². The summed E-state index contributed by atoms with van der Waals surface area (Å²) >= 11 is 0. The molecule has 3 heteroatoms. The lowest BCUT2D eigenvalue weighted by molar-refractivity contribution is 0.0121. The van der Waals surface area contributed by atoms with Gasteiger partial charge in [-0.15, -0.1) is 0 Å².